The largest absolute Gasteiger partial charge is 0.385 e. The fourth-order valence-corrected chi connectivity index (χ4v) is 2.34. The Bertz CT molecular complexity index is 362. The van der Waals surface area contributed by atoms with E-state index >= 15 is 0 Å². The number of nitrogens with one attached hydrogen (secondary N) is 1. The SMILES string of the molecule is CNc1nc(CCCOC)nc2c1CCCC2. The van der Waals surface area contributed by atoms with Crippen LogP contribution in [-0.4, -0.2) is 30.7 Å². The quantitative estimate of drug-likeness (QED) is 0.793. The lowest BCUT2D eigenvalue weighted by molar-refractivity contribution is 0.194. The van der Waals surface area contributed by atoms with Gasteiger partial charge < -0.3 is 10.1 Å². The maximum absolute atomic E-state index is 5.06. The Labute approximate surface area is 103 Å². The van der Waals surface area contributed by atoms with E-state index in [-0.39, 0.29) is 0 Å². The van der Waals surface area contributed by atoms with E-state index in [0.717, 1.165) is 43.9 Å². The molecule has 94 valence electrons. The Morgan fingerprint density at radius 1 is 1.24 bits per heavy atom. The first-order valence-corrected chi connectivity index (χ1v) is 6.40. The van der Waals surface area contributed by atoms with Gasteiger partial charge in [-0.05, 0) is 32.1 Å². The summed E-state index contributed by atoms with van der Waals surface area (Å²) < 4.78 is 5.06. The Morgan fingerprint density at radius 3 is 2.82 bits per heavy atom. The summed E-state index contributed by atoms with van der Waals surface area (Å²) in [7, 11) is 3.67. The monoisotopic (exact) mass is 235 g/mol. The molecule has 4 heteroatoms. The second-order valence-corrected chi connectivity index (χ2v) is 4.47. The van der Waals surface area contributed by atoms with E-state index in [2.05, 4.69) is 15.3 Å². The molecule has 1 heterocycles. The van der Waals surface area contributed by atoms with Gasteiger partial charge in [0.05, 0.1) is 0 Å². The van der Waals surface area contributed by atoms with Gasteiger partial charge >= 0.3 is 0 Å². The van der Waals surface area contributed by atoms with Crippen molar-refractivity contribution in [3.63, 3.8) is 0 Å². The molecular formula is C13H21N3O. The summed E-state index contributed by atoms with van der Waals surface area (Å²) in [5.74, 6) is 1.98. The number of nitrogens with zero attached hydrogens (tertiary/aromatic N) is 2. The molecular weight excluding hydrogens is 214 g/mol. The van der Waals surface area contributed by atoms with Crippen molar-refractivity contribution in [1.29, 1.82) is 0 Å². The fourth-order valence-electron chi connectivity index (χ4n) is 2.34. The van der Waals surface area contributed by atoms with Crippen LogP contribution in [0.4, 0.5) is 5.82 Å². The minimum absolute atomic E-state index is 0.773. The number of hydrogen-bond acceptors (Lipinski definition) is 4. The molecule has 0 amide bonds. The van der Waals surface area contributed by atoms with Crippen LogP contribution in [0.25, 0.3) is 0 Å². The zero-order valence-corrected chi connectivity index (χ0v) is 10.8. The van der Waals surface area contributed by atoms with Crippen molar-refractivity contribution < 1.29 is 4.74 Å². The molecule has 0 fully saturated rings. The number of rotatable bonds is 5. The van der Waals surface area contributed by atoms with Gasteiger partial charge in [-0.15, -0.1) is 0 Å². The molecule has 1 aliphatic rings. The summed E-state index contributed by atoms with van der Waals surface area (Å²) >= 11 is 0. The summed E-state index contributed by atoms with van der Waals surface area (Å²) in [6.07, 6.45) is 6.61. The number of aromatic nitrogens is 2. The minimum Gasteiger partial charge on any atom is -0.385 e. The summed E-state index contributed by atoms with van der Waals surface area (Å²) in [6.45, 7) is 0.773. The van der Waals surface area contributed by atoms with Crippen LogP contribution in [0.1, 0.15) is 36.3 Å². The third-order valence-corrected chi connectivity index (χ3v) is 3.22. The lowest BCUT2D eigenvalue weighted by Crippen LogP contribution is -2.13. The molecule has 0 bridgehead atoms. The van der Waals surface area contributed by atoms with Crippen LogP contribution in [0.5, 0.6) is 0 Å². The number of anilines is 1. The number of aryl methyl sites for hydroxylation is 2. The molecule has 0 unspecified atom stereocenters. The zero-order valence-electron chi connectivity index (χ0n) is 10.8. The molecule has 0 spiro atoms. The normalized spacial score (nSPS) is 14.5. The van der Waals surface area contributed by atoms with Gasteiger partial charge in [-0.1, -0.05) is 0 Å². The highest BCUT2D eigenvalue weighted by Crippen LogP contribution is 2.25. The molecule has 1 aromatic heterocycles. The van der Waals surface area contributed by atoms with E-state index in [4.69, 9.17) is 4.74 Å². The lowest BCUT2D eigenvalue weighted by atomic mass is 9.96. The molecule has 0 saturated carbocycles. The van der Waals surface area contributed by atoms with Gasteiger partial charge in [0.2, 0.25) is 0 Å². The molecule has 4 nitrogen and oxygen atoms in total. The topological polar surface area (TPSA) is 47.0 Å². The van der Waals surface area contributed by atoms with Crippen molar-refractivity contribution in [3.8, 4) is 0 Å². The molecule has 0 saturated heterocycles. The van der Waals surface area contributed by atoms with Gasteiger partial charge in [0.15, 0.2) is 0 Å². The average molecular weight is 235 g/mol. The Hall–Kier alpha value is -1.16. The summed E-state index contributed by atoms with van der Waals surface area (Å²) in [5.41, 5.74) is 2.58. The van der Waals surface area contributed by atoms with Gasteiger partial charge in [-0.25, -0.2) is 9.97 Å². The van der Waals surface area contributed by atoms with Crippen LogP contribution in [0, 0.1) is 0 Å². The Balaban J connectivity index is 2.17. The molecule has 2 rings (SSSR count). The summed E-state index contributed by atoms with van der Waals surface area (Å²) in [4.78, 5) is 9.29. The predicted octanol–water partition coefficient (Wildman–Crippen LogP) is 1.98. The van der Waals surface area contributed by atoms with Crippen molar-refractivity contribution in [3.05, 3.63) is 17.1 Å². The van der Waals surface area contributed by atoms with E-state index in [1.807, 2.05) is 7.05 Å². The van der Waals surface area contributed by atoms with Gasteiger partial charge in [0.1, 0.15) is 11.6 Å². The van der Waals surface area contributed by atoms with Gasteiger partial charge in [0.25, 0.3) is 0 Å². The maximum Gasteiger partial charge on any atom is 0.132 e. The molecule has 1 aliphatic carbocycles. The average Bonchev–Trinajstić information content (AvgIpc) is 2.38. The summed E-state index contributed by atoms with van der Waals surface area (Å²) in [6, 6.07) is 0. The van der Waals surface area contributed by atoms with Gasteiger partial charge in [-0.3, -0.25) is 0 Å². The number of fused-ring (bicyclic) bond motifs is 1. The first-order valence-electron chi connectivity index (χ1n) is 6.40. The number of hydrogen-bond donors (Lipinski definition) is 1. The molecule has 1 N–H and O–H groups in total. The van der Waals surface area contributed by atoms with Crippen LogP contribution >= 0.6 is 0 Å². The number of methoxy groups -OCH3 is 1. The third kappa shape index (κ3) is 2.94. The molecule has 1 aromatic rings. The molecule has 0 aromatic carbocycles. The van der Waals surface area contributed by atoms with E-state index in [9.17, 15) is 0 Å². The zero-order chi connectivity index (χ0) is 12.1. The maximum atomic E-state index is 5.06. The predicted molar refractivity (Wildman–Crippen MR) is 68.4 cm³/mol. The van der Waals surface area contributed by atoms with Crippen molar-refractivity contribution in [2.24, 2.45) is 0 Å². The standard InChI is InChI=1S/C13H21N3O/c1-14-13-10-6-3-4-7-11(10)15-12(16-13)8-5-9-17-2/h3-9H2,1-2H3,(H,14,15,16). The fraction of sp³-hybridized carbons (Fsp3) is 0.692. The second kappa shape index (κ2) is 5.96. The van der Waals surface area contributed by atoms with Crippen molar-refractivity contribution >= 4 is 5.82 Å². The van der Waals surface area contributed by atoms with Crippen molar-refractivity contribution in [1.82, 2.24) is 9.97 Å². The van der Waals surface area contributed by atoms with Gasteiger partial charge in [-0.2, -0.15) is 0 Å². The van der Waals surface area contributed by atoms with Gasteiger partial charge in [0, 0.05) is 38.4 Å². The second-order valence-electron chi connectivity index (χ2n) is 4.47. The highest BCUT2D eigenvalue weighted by atomic mass is 16.5. The summed E-state index contributed by atoms with van der Waals surface area (Å²) in [5, 5.41) is 3.20. The smallest absolute Gasteiger partial charge is 0.132 e. The van der Waals surface area contributed by atoms with Crippen molar-refractivity contribution in [2.45, 2.75) is 38.5 Å². The van der Waals surface area contributed by atoms with Crippen LogP contribution in [0.3, 0.4) is 0 Å². The van der Waals surface area contributed by atoms with Crippen LogP contribution in [-0.2, 0) is 24.0 Å². The first kappa shape index (κ1) is 12.3. The highest BCUT2D eigenvalue weighted by molar-refractivity contribution is 5.47. The van der Waals surface area contributed by atoms with Crippen LogP contribution < -0.4 is 5.32 Å². The molecule has 17 heavy (non-hydrogen) atoms. The third-order valence-electron chi connectivity index (χ3n) is 3.22. The van der Waals surface area contributed by atoms with E-state index < -0.39 is 0 Å². The molecule has 0 atom stereocenters. The van der Waals surface area contributed by atoms with E-state index in [0.29, 0.717) is 0 Å². The molecule has 0 aliphatic heterocycles. The lowest BCUT2D eigenvalue weighted by Gasteiger charge is -2.18. The van der Waals surface area contributed by atoms with Crippen molar-refractivity contribution in [2.75, 3.05) is 26.1 Å². The minimum atomic E-state index is 0.773. The van der Waals surface area contributed by atoms with Crippen LogP contribution in [0.15, 0.2) is 0 Å². The van der Waals surface area contributed by atoms with E-state index in [1.165, 1.54) is 24.1 Å². The first-order chi connectivity index (χ1) is 8.35. The van der Waals surface area contributed by atoms with E-state index in [1.54, 1.807) is 7.11 Å². The van der Waals surface area contributed by atoms with Crippen LogP contribution in [0.2, 0.25) is 0 Å². The molecule has 0 radical (unpaired) electrons. The Morgan fingerprint density at radius 2 is 2.06 bits per heavy atom. The Kier molecular flexibility index (Phi) is 4.31. The highest BCUT2D eigenvalue weighted by Gasteiger charge is 2.16. The number of ether oxygens (including phenoxy) is 1.